The number of hydrogen-bond acceptors (Lipinski definition) is 1. The number of aliphatic hydroxyl groups is 1. The molecule has 2 nitrogen and oxygen atoms in total. The zero-order valence-electron chi connectivity index (χ0n) is 4.14. The standard InChI is InChI=1S/C3H7NOS.Co/c1-4(2)3(5)6;/h1-2H3,(H,5,6);. The van der Waals surface area contributed by atoms with Crippen LogP contribution in [0.1, 0.15) is 0 Å². The predicted molar refractivity (Wildman–Crippen MR) is 28.9 cm³/mol. The zero-order valence-corrected chi connectivity index (χ0v) is 5.99. The summed E-state index contributed by atoms with van der Waals surface area (Å²) >= 11 is 4.30. The molecule has 0 amide bonds. The second-order valence-corrected chi connectivity index (χ2v) is 1.54. The Bertz CT molecular complexity index is 66.0. The maximum Gasteiger partial charge on any atom is 0.256 e. The van der Waals surface area contributed by atoms with Crippen LogP contribution in [-0.4, -0.2) is 29.3 Å². The fourth-order valence-electron chi connectivity index (χ4n) is 0. The molecule has 0 aromatic rings. The van der Waals surface area contributed by atoms with Crippen LogP contribution >= 0.6 is 12.2 Å². The first-order chi connectivity index (χ1) is 2.64. The molecule has 0 fully saturated rings. The second-order valence-electron chi connectivity index (χ2n) is 1.18. The number of rotatable bonds is 0. The average Bonchev–Trinajstić information content (AvgIpc) is 1.36. The van der Waals surface area contributed by atoms with Crippen molar-refractivity contribution in [3.8, 4) is 0 Å². The molecule has 0 rings (SSSR count). The minimum absolute atomic E-state index is 0. The van der Waals surface area contributed by atoms with Crippen LogP contribution in [-0.2, 0) is 16.8 Å². The molecular formula is C3H7CoNOS. The van der Waals surface area contributed by atoms with Gasteiger partial charge in [0.1, 0.15) is 0 Å². The van der Waals surface area contributed by atoms with E-state index in [1.165, 1.54) is 4.90 Å². The van der Waals surface area contributed by atoms with E-state index in [1.807, 2.05) is 0 Å². The first-order valence-corrected chi connectivity index (χ1v) is 1.95. The second kappa shape index (κ2) is 4.36. The van der Waals surface area contributed by atoms with E-state index in [1.54, 1.807) is 14.1 Å². The van der Waals surface area contributed by atoms with E-state index in [0.29, 0.717) is 0 Å². The third kappa shape index (κ3) is 6.20. The number of nitrogens with zero attached hydrogens (tertiary/aromatic N) is 1. The smallest absolute Gasteiger partial charge is 0.256 e. The van der Waals surface area contributed by atoms with Crippen molar-refractivity contribution in [2.75, 3.05) is 14.1 Å². The van der Waals surface area contributed by atoms with Gasteiger partial charge in [-0.25, -0.2) is 0 Å². The van der Waals surface area contributed by atoms with Gasteiger partial charge in [-0.15, -0.1) is 0 Å². The topological polar surface area (TPSA) is 23.5 Å². The summed E-state index contributed by atoms with van der Waals surface area (Å²) < 4.78 is 0. The van der Waals surface area contributed by atoms with E-state index in [-0.39, 0.29) is 22.0 Å². The largest absolute Gasteiger partial charge is 0.487 e. The molecule has 0 aromatic carbocycles. The van der Waals surface area contributed by atoms with Crippen LogP contribution in [0.25, 0.3) is 0 Å². The van der Waals surface area contributed by atoms with E-state index >= 15 is 0 Å². The molecule has 0 unspecified atom stereocenters. The van der Waals surface area contributed by atoms with Gasteiger partial charge in [0.2, 0.25) is 0 Å². The van der Waals surface area contributed by atoms with Crippen LogP contribution in [0.5, 0.6) is 0 Å². The SMILES string of the molecule is CN(C)C(O)=S.[Co]. The molecule has 0 bridgehead atoms. The summed E-state index contributed by atoms with van der Waals surface area (Å²) in [4.78, 5) is 1.45. The molecule has 0 aromatic heterocycles. The van der Waals surface area contributed by atoms with Crippen LogP contribution in [0.4, 0.5) is 0 Å². The predicted octanol–water partition coefficient (Wildman–Crippen LogP) is 0.388. The molecule has 1 radical (unpaired) electrons. The Balaban J connectivity index is 0. The Labute approximate surface area is 58.7 Å². The van der Waals surface area contributed by atoms with Gasteiger partial charge in [-0.05, 0) is 12.2 Å². The maximum atomic E-state index is 8.29. The van der Waals surface area contributed by atoms with Crippen LogP contribution in [0, 0.1) is 0 Å². The van der Waals surface area contributed by atoms with Crippen molar-refractivity contribution in [1.82, 2.24) is 4.90 Å². The summed E-state index contributed by atoms with van der Waals surface area (Å²) in [7, 11) is 3.37. The number of thiocarbonyl (C=S) groups is 1. The molecule has 45 valence electrons. The van der Waals surface area contributed by atoms with Crippen molar-refractivity contribution < 1.29 is 21.9 Å². The molecule has 0 aliphatic carbocycles. The van der Waals surface area contributed by atoms with Gasteiger partial charge in [0.15, 0.2) is 0 Å². The summed E-state index contributed by atoms with van der Waals surface area (Å²) in [5.74, 6) is 0. The minimum atomic E-state index is -0.0741. The Morgan fingerprint density at radius 3 is 1.71 bits per heavy atom. The van der Waals surface area contributed by atoms with E-state index < -0.39 is 0 Å². The Morgan fingerprint density at radius 2 is 1.71 bits per heavy atom. The molecule has 0 spiro atoms. The van der Waals surface area contributed by atoms with Gasteiger partial charge >= 0.3 is 0 Å². The van der Waals surface area contributed by atoms with E-state index in [2.05, 4.69) is 12.2 Å². The molecule has 7 heavy (non-hydrogen) atoms. The van der Waals surface area contributed by atoms with Crippen molar-refractivity contribution in [2.24, 2.45) is 0 Å². The maximum absolute atomic E-state index is 8.29. The van der Waals surface area contributed by atoms with Crippen molar-refractivity contribution >= 4 is 17.4 Å². The van der Waals surface area contributed by atoms with Gasteiger partial charge in [-0.2, -0.15) is 0 Å². The molecule has 0 heterocycles. The van der Waals surface area contributed by atoms with Gasteiger partial charge in [0, 0.05) is 30.9 Å². The Hall–Kier alpha value is 0.196. The fourth-order valence-corrected chi connectivity index (χ4v) is 0. The van der Waals surface area contributed by atoms with Gasteiger partial charge in [0.25, 0.3) is 5.17 Å². The third-order valence-electron chi connectivity index (χ3n) is 0.383. The summed E-state index contributed by atoms with van der Waals surface area (Å²) in [6.45, 7) is 0. The molecule has 0 saturated carbocycles. The molecule has 0 aliphatic rings. The van der Waals surface area contributed by atoms with Gasteiger partial charge in [0.05, 0.1) is 0 Å². The summed E-state index contributed by atoms with van der Waals surface area (Å²) in [5.41, 5.74) is 0. The summed E-state index contributed by atoms with van der Waals surface area (Å²) in [5, 5.41) is 8.21. The van der Waals surface area contributed by atoms with Crippen LogP contribution in [0.3, 0.4) is 0 Å². The molecule has 0 saturated heterocycles. The van der Waals surface area contributed by atoms with Crippen molar-refractivity contribution in [2.45, 2.75) is 0 Å². The van der Waals surface area contributed by atoms with E-state index in [4.69, 9.17) is 5.11 Å². The quantitative estimate of drug-likeness (QED) is 0.524. The molecular weight excluding hydrogens is 157 g/mol. The molecule has 0 aliphatic heterocycles. The molecule has 1 N–H and O–H groups in total. The minimum Gasteiger partial charge on any atom is -0.487 e. The van der Waals surface area contributed by atoms with Crippen molar-refractivity contribution in [3.05, 3.63) is 0 Å². The number of aliphatic hydroxyl groups excluding tert-OH is 1. The summed E-state index contributed by atoms with van der Waals surface area (Å²) in [6.07, 6.45) is 0. The number of hydrogen-bond donors (Lipinski definition) is 1. The third-order valence-corrected chi connectivity index (χ3v) is 0.748. The van der Waals surface area contributed by atoms with E-state index in [9.17, 15) is 0 Å². The molecule has 0 atom stereocenters. The van der Waals surface area contributed by atoms with Gasteiger partial charge in [-0.3, -0.25) is 0 Å². The monoisotopic (exact) mass is 164 g/mol. The summed E-state index contributed by atoms with van der Waals surface area (Å²) in [6, 6.07) is 0. The van der Waals surface area contributed by atoms with E-state index in [0.717, 1.165) is 0 Å². The van der Waals surface area contributed by atoms with Crippen LogP contribution < -0.4 is 0 Å². The average molecular weight is 164 g/mol. The van der Waals surface area contributed by atoms with Crippen LogP contribution in [0.2, 0.25) is 0 Å². The zero-order chi connectivity index (χ0) is 5.15. The van der Waals surface area contributed by atoms with Crippen LogP contribution in [0.15, 0.2) is 0 Å². The first kappa shape index (κ1) is 10.2. The van der Waals surface area contributed by atoms with Crippen molar-refractivity contribution in [3.63, 3.8) is 0 Å². The Morgan fingerprint density at radius 1 is 1.57 bits per heavy atom. The first-order valence-electron chi connectivity index (χ1n) is 1.55. The fraction of sp³-hybridized carbons (Fsp3) is 0.667. The Kier molecular flexibility index (Phi) is 6.37. The van der Waals surface area contributed by atoms with Gasteiger partial charge < -0.3 is 10.0 Å². The molecule has 4 heteroatoms. The normalized spacial score (nSPS) is 6.57. The van der Waals surface area contributed by atoms with Gasteiger partial charge in [-0.1, -0.05) is 0 Å². The van der Waals surface area contributed by atoms with Crippen molar-refractivity contribution in [1.29, 1.82) is 0 Å².